The van der Waals surface area contributed by atoms with Gasteiger partial charge in [-0.3, -0.25) is 0 Å². The number of aromatic nitrogens is 2. The van der Waals surface area contributed by atoms with Crippen molar-refractivity contribution >= 4 is 12.0 Å². The number of amides is 1. The summed E-state index contributed by atoms with van der Waals surface area (Å²) in [6.45, 7) is 5.17. The number of ether oxygens (including phenoxy) is 1. The fourth-order valence-electron chi connectivity index (χ4n) is 2.71. The van der Waals surface area contributed by atoms with Crippen LogP contribution in [-0.2, 0) is 4.74 Å². The van der Waals surface area contributed by atoms with Gasteiger partial charge in [-0.05, 0) is 30.9 Å². The largest absolute Gasteiger partial charge is 0.449 e. The molecule has 2 unspecified atom stereocenters. The maximum Gasteiger partial charge on any atom is 0.409 e. The normalized spacial score (nSPS) is 12.9. The van der Waals surface area contributed by atoms with Gasteiger partial charge in [0.1, 0.15) is 0 Å². The molecule has 0 aliphatic heterocycles. The molecule has 1 N–H and O–H groups in total. The van der Waals surface area contributed by atoms with Crippen molar-refractivity contribution < 1.29 is 9.53 Å². The number of aryl methyl sites for hydroxylation is 1. The highest BCUT2D eigenvalue weighted by Gasteiger charge is 2.17. The Morgan fingerprint density at radius 3 is 2.62 bits per heavy atom. The van der Waals surface area contributed by atoms with E-state index in [-0.39, 0.29) is 17.9 Å². The van der Waals surface area contributed by atoms with Crippen LogP contribution in [0.15, 0.2) is 42.6 Å². The minimum Gasteiger partial charge on any atom is -0.449 e. The van der Waals surface area contributed by atoms with Gasteiger partial charge in [0.15, 0.2) is 0 Å². The first-order valence-electron chi connectivity index (χ1n) is 8.88. The van der Waals surface area contributed by atoms with Gasteiger partial charge in [0, 0.05) is 38.4 Å². The zero-order valence-electron chi connectivity index (χ0n) is 16.0. The van der Waals surface area contributed by atoms with Crippen LogP contribution < -0.4 is 5.32 Å². The Morgan fingerprint density at radius 1 is 1.23 bits per heavy atom. The molecule has 0 saturated carbocycles. The molecule has 0 radical (unpaired) electrons. The highest BCUT2D eigenvalue weighted by atomic mass is 16.6. The maximum absolute atomic E-state index is 11.6. The predicted molar refractivity (Wildman–Crippen MR) is 103 cm³/mol. The Balaban J connectivity index is 1.98. The molecule has 2 atom stereocenters. The van der Waals surface area contributed by atoms with Gasteiger partial charge in [-0.15, -0.1) is 0 Å². The van der Waals surface area contributed by atoms with Crippen LogP contribution in [0.2, 0.25) is 0 Å². The number of nitrogens with zero attached hydrogens (tertiary/aromatic N) is 3. The van der Waals surface area contributed by atoms with Crippen molar-refractivity contribution in [3.05, 3.63) is 53.9 Å². The number of hydrogen-bond donors (Lipinski definition) is 1. The smallest absolute Gasteiger partial charge is 0.409 e. The quantitative estimate of drug-likeness (QED) is 0.781. The molecule has 0 fully saturated rings. The van der Waals surface area contributed by atoms with Gasteiger partial charge in [-0.1, -0.05) is 37.3 Å². The molecule has 0 saturated heterocycles. The zero-order chi connectivity index (χ0) is 18.9. The first kappa shape index (κ1) is 19.7. The second kappa shape index (κ2) is 9.75. The molecule has 1 amide bonds. The molecule has 0 aliphatic carbocycles. The number of carbonyl (C=O) groups excluding carboxylic acids is 1. The number of benzene rings is 1. The Kier molecular flexibility index (Phi) is 7.38. The lowest BCUT2D eigenvalue weighted by Gasteiger charge is -2.22. The summed E-state index contributed by atoms with van der Waals surface area (Å²) >= 11 is 0. The molecular formula is C20H28N4O2. The van der Waals surface area contributed by atoms with Crippen LogP contribution in [0.4, 0.5) is 10.7 Å². The predicted octanol–water partition coefficient (Wildman–Crippen LogP) is 3.71. The monoisotopic (exact) mass is 356 g/mol. The van der Waals surface area contributed by atoms with Gasteiger partial charge in [-0.2, -0.15) is 0 Å². The highest BCUT2D eigenvalue weighted by molar-refractivity contribution is 5.66. The lowest BCUT2D eigenvalue weighted by atomic mass is 9.90. The van der Waals surface area contributed by atoms with Gasteiger partial charge in [0.05, 0.1) is 6.61 Å². The Morgan fingerprint density at radius 2 is 1.96 bits per heavy atom. The molecule has 6 heteroatoms. The third-order valence-electron chi connectivity index (χ3n) is 4.12. The van der Waals surface area contributed by atoms with Crippen molar-refractivity contribution in [2.75, 3.05) is 32.6 Å². The second-order valence-corrected chi connectivity index (χ2v) is 6.82. The summed E-state index contributed by atoms with van der Waals surface area (Å²) in [5.41, 5.74) is 2.18. The minimum absolute atomic E-state index is 0.240. The van der Waals surface area contributed by atoms with Crippen LogP contribution in [0.3, 0.4) is 0 Å². The van der Waals surface area contributed by atoms with Crippen LogP contribution in [0.1, 0.15) is 30.5 Å². The summed E-state index contributed by atoms with van der Waals surface area (Å²) in [5, 5.41) is 3.33. The Bertz CT molecular complexity index is 691. The Hall–Kier alpha value is -2.63. The van der Waals surface area contributed by atoms with Crippen LogP contribution in [0.5, 0.6) is 0 Å². The standard InChI is InChI=1S/C20H28N4O2/c1-15(14-26-20(25)24(3)4)12-18(17-8-6-5-7-9-17)13-22-19-21-11-10-16(2)23-19/h5-11,15,18H,12-14H2,1-4H3,(H,21,22,23). The van der Waals surface area contributed by atoms with E-state index in [4.69, 9.17) is 4.74 Å². The summed E-state index contributed by atoms with van der Waals surface area (Å²) in [4.78, 5) is 21.7. The van der Waals surface area contributed by atoms with Crippen molar-refractivity contribution in [2.45, 2.75) is 26.2 Å². The Labute approximate surface area is 155 Å². The van der Waals surface area contributed by atoms with E-state index in [9.17, 15) is 4.79 Å². The molecule has 0 bridgehead atoms. The fourth-order valence-corrected chi connectivity index (χ4v) is 2.71. The molecule has 2 aromatic rings. The molecule has 1 heterocycles. The van der Waals surface area contributed by atoms with Gasteiger partial charge in [0.25, 0.3) is 0 Å². The van der Waals surface area contributed by atoms with Crippen LogP contribution in [0, 0.1) is 12.8 Å². The lowest BCUT2D eigenvalue weighted by Crippen LogP contribution is -2.25. The number of nitrogens with one attached hydrogen (secondary N) is 1. The zero-order valence-corrected chi connectivity index (χ0v) is 16.0. The highest BCUT2D eigenvalue weighted by Crippen LogP contribution is 2.24. The van der Waals surface area contributed by atoms with Gasteiger partial charge < -0.3 is 15.0 Å². The third-order valence-corrected chi connectivity index (χ3v) is 4.12. The van der Waals surface area contributed by atoms with E-state index in [1.54, 1.807) is 20.3 Å². The first-order valence-corrected chi connectivity index (χ1v) is 8.88. The van der Waals surface area contributed by atoms with Gasteiger partial charge in [0.2, 0.25) is 5.95 Å². The summed E-state index contributed by atoms with van der Waals surface area (Å²) in [5.74, 6) is 1.15. The minimum atomic E-state index is -0.306. The summed E-state index contributed by atoms with van der Waals surface area (Å²) < 4.78 is 5.32. The average Bonchev–Trinajstić information content (AvgIpc) is 2.63. The number of hydrogen-bond acceptors (Lipinski definition) is 5. The van der Waals surface area contributed by atoms with Crippen molar-refractivity contribution in [3.8, 4) is 0 Å². The maximum atomic E-state index is 11.6. The molecule has 1 aromatic heterocycles. The second-order valence-electron chi connectivity index (χ2n) is 6.82. The first-order chi connectivity index (χ1) is 12.5. The number of rotatable bonds is 8. The van der Waals surface area contributed by atoms with E-state index in [1.807, 2.05) is 31.2 Å². The van der Waals surface area contributed by atoms with Crippen molar-refractivity contribution in [1.82, 2.24) is 14.9 Å². The van der Waals surface area contributed by atoms with E-state index < -0.39 is 0 Å². The van der Waals surface area contributed by atoms with Gasteiger partial charge >= 0.3 is 6.09 Å². The summed E-state index contributed by atoms with van der Waals surface area (Å²) in [7, 11) is 3.37. The summed E-state index contributed by atoms with van der Waals surface area (Å²) in [6.07, 6.45) is 2.34. The van der Waals surface area contributed by atoms with E-state index in [1.165, 1.54) is 10.5 Å². The molecule has 0 spiro atoms. The van der Waals surface area contributed by atoms with Gasteiger partial charge in [-0.25, -0.2) is 14.8 Å². The molecule has 1 aromatic carbocycles. The molecule has 0 aliphatic rings. The molecule has 2 rings (SSSR count). The van der Waals surface area contributed by atoms with Crippen LogP contribution >= 0.6 is 0 Å². The van der Waals surface area contributed by atoms with Crippen LogP contribution in [-0.4, -0.2) is 48.2 Å². The molecule has 140 valence electrons. The topological polar surface area (TPSA) is 67.4 Å². The lowest BCUT2D eigenvalue weighted by molar-refractivity contribution is 0.101. The van der Waals surface area contributed by atoms with Crippen molar-refractivity contribution in [2.24, 2.45) is 5.92 Å². The third kappa shape index (κ3) is 6.35. The van der Waals surface area contributed by atoms with Crippen molar-refractivity contribution in [3.63, 3.8) is 0 Å². The van der Waals surface area contributed by atoms with E-state index in [0.717, 1.165) is 18.7 Å². The average molecular weight is 356 g/mol. The number of anilines is 1. The molecule has 6 nitrogen and oxygen atoms in total. The number of carbonyl (C=O) groups is 1. The summed E-state index contributed by atoms with van der Waals surface area (Å²) in [6, 6.07) is 12.2. The molecular weight excluding hydrogens is 328 g/mol. The van der Waals surface area contributed by atoms with Crippen molar-refractivity contribution in [1.29, 1.82) is 0 Å². The SMILES string of the molecule is Cc1ccnc(NCC(CC(C)COC(=O)N(C)C)c2ccccc2)n1. The molecule has 26 heavy (non-hydrogen) atoms. The van der Waals surface area contributed by atoms with E-state index in [2.05, 4.69) is 34.3 Å². The van der Waals surface area contributed by atoms with E-state index >= 15 is 0 Å². The fraction of sp³-hybridized carbons (Fsp3) is 0.450. The van der Waals surface area contributed by atoms with Crippen LogP contribution in [0.25, 0.3) is 0 Å². The van der Waals surface area contributed by atoms with E-state index in [0.29, 0.717) is 12.6 Å².